The molecule has 10 heteroatoms. The van der Waals surface area contributed by atoms with E-state index in [4.69, 9.17) is 5.11 Å². The van der Waals surface area contributed by atoms with Crippen LogP contribution in [-0.4, -0.2) is 50.7 Å². The molecule has 26 heavy (non-hydrogen) atoms. The average Bonchev–Trinajstić information content (AvgIpc) is 3.25. The fourth-order valence-corrected chi connectivity index (χ4v) is 4.03. The van der Waals surface area contributed by atoms with Gasteiger partial charge in [0.15, 0.2) is 10.5 Å². The van der Waals surface area contributed by atoms with Gasteiger partial charge in [0.1, 0.15) is 0 Å². The summed E-state index contributed by atoms with van der Waals surface area (Å²) in [6.45, 7) is 2.31. The van der Waals surface area contributed by atoms with Gasteiger partial charge in [0, 0.05) is 36.1 Å². The van der Waals surface area contributed by atoms with Gasteiger partial charge in [0.05, 0.1) is 5.56 Å². The summed E-state index contributed by atoms with van der Waals surface area (Å²) in [6, 6.07) is 1.59. The van der Waals surface area contributed by atoms with E-state index in [0.29, 0.717) is 10.8 Å². The van der Waals surface area contributed by atoms with E-state index in [1.54, 1.807) is 36.1 Å². The number of aryl methyl sites for hydroxylation is 1. The number of carboxylic acids is 1. The van der Waals surface area contributed by atoms with Gasteiger partial charge in [-0.1, -0.05) is 0 Å². The maximum Gasteiger partial charge on any atom is 0.406 e. The second-order valence-corrected chi connectivity index (χ2v) is 7.17. The van der Waals surface area contributed by atoms with Crippen LogP contribution in [0, 0.1) is 19.3 Å². The third-order valence-electron chi connectivity index (χ3n) is 4.78. The molecule has 1 unspecified atom stereocenters. The van der Waals surface area contributed by atoms with Gasteiger partial charge < -0.3 is 10.0 Å². The van der Waals surface area contributed by atoms with E-state index in [9.17, 15) is 22.8 Å². The molecule has 140 valence electrons. The summed E-state index contributed by atoms with van der Waals surface area (Å²) in [7, 11) is 0. The van der Waals surface area contributed by atoms with E-state index in [0.717, 1.165) is 10.6 Å². The largest absolute Gasteiger partial charge is 0.481 e. The van der Waals surface area contributed by atoms with Gasteiger partial charge in [-0.25, -0.2) is 4.98 Å². The molecule has 3 heterocycles. The van der Waals surface area contributed by atoms with Crippen LogP contribution in [0.4, 0.5) is 13.2 Å². The summed E-state index contributed by atoms with van der Waals surface area (Å²) in [6.07, 6.45) is -3.96. The number of carbonyl (C=O) groups is 2. The minimum Gasteiger partial charge on any atom is -0.481 e. The van der Waals surface area contributed by atoms with E-state index < -0.39 is 36.4 Å². The number of hydrogen-bond acceptors (Lipinski definition) is 4. The van der Waals surface area contributed by atoms with Crippen molar-refractivity contribution in [2.75, 3.05) is 13.1 Å². The standard InChI is InChI=1S/C16H16F3N3O3S/c1-9-7-11(10(2)22(9)14-20-4-6-26-14)12(23)21-5-3-15(8-21,13(24)25)16(17,18)19/h4,6-7H,3,5,8H2,1-2H3,(H,24,25). The second kappa shape index (κ2) is 6.11. The molecule has 1 N–H and O–H groups in total. The minimum absolute atomic E-state index is 0.251. The molecular weight excluding hydrogens is 371 g/mol. The molecule has 0 radical (unpaired) electrons. The first-order chi connectivity index (χ1) is 12.1. The number of likely N-dealkylation sites (tertiary alicyclic amines) is 1. The summed E-state index contributed by atoms with van der Waals surface area (Å²) in [5.74, 6) is -2.55. The van der Waals surface area contributed by atoms with Crippen LogP contribution < -0.4 is 0 Å². The van der Waals surface area contributed by atoms with Gasteiger partial charge in [-0.15, -0.1) is 11.3 Å². The monoisotopic (exact) mass is 387 g/mol. The fraction of sp³-hybridized carbons (Fsp3) is 0.438. The summed E-state index contributed by atoms with van der Waals surface area (Å²) < 4.78 is 41.7. The lowest BCUT2D eigenvalue weighted by Crippen LogP contribution is -2.47. The first-order valence-corrected chi connectivity index (χ1v) is 8.64. The number of carboxylic acid groups (broad SMARTS) is 1. The topological polar surface area (TPSA) is 75.4 Å². The van der Waals surface area contributed by atoms with E-state index in [1.807, 2.05) is 0 Å². The molecule has 1 fully saturated rings. The van der Waals surface area contributed by atoms with Gasteiger partial charge >= 0.3 is 12.1 Å². The van der Waals surface area contributed by atoms with Crippen LogP contribution in [0.2, 0.25) is 0 Å². The Hall–Kier alpha value is -2.36. The highest BCUT2D eigenvalue weighted by atomic mass is 32.1. The molecule has 1 aliphatic heterocycles. The molecule has 6 nitrogen and oxygen atoms in total. The van der Waals surface area contributed by atoms with Crippen molar-refractivity contribution in [1.29, 1.82) is 0 Å². The summed E-state index contributed by atoms with van der Waals surface area (Å²) in [4.78, 5) is 29.2. The number of carbonyl (C=O) groups excluding carboxylic acids is 1. The van der Waals surface area contributed by atoms with E-state index in [-0.39, 0.29) is 12.1 Å². The second-order valence-electron chi connectivity index (χ2n) is 6.30. The van der Waals surface area contributed by atoms with Crippen LogP contribution in [0.15, 0.2) is 17.6 Å². The number of aromatic nitrogens is 2. The highest BCUT2D eigenvalue weighted by Crippen LogP contribution is 2.46. The highest BCUT2D eigenvalue weighted by molar-refractivity contribution is 7.12. The van der Waals surface area contributed by atoms with Crippen molar-refractivity contribution >= 4 is 23.2 Å². The number of amides is 1. The molecule has 1 atom stereocenters. The van der Waals surface area contributed by atoms with Crippen molar-refractivity contribution in [3.8, 4) is 5.13 Å². The maximum absolute atomic E-state index is 13.3. The smallest absolute Gasteiger partial charge is 0.406 e. The first kappa shape index (κ1) is 18.4. The highest BCUT2D eigenvalue weighted by Gasteiger charge is 2.64. The molecule has 2 aromatic rings. The van der Waals surface area contributed by atoms with Crippen LogP contribution >= 0.6 is 11.3 Å². The van der Waals surface area contributed by atoms with Gasteiger partial charge in [-0.3, -0.25) is 14.2 Å². The molecule has 0 aliphatic carbocycles. The van der Waals surface area contributed by atoms with Crippen molar-refractivity contribution in [1.82, 2.24) is 14.5 Å². The third kappa shape index (κ3) is 2.68. The summed E-state index contributed by atoms with van der Waals surface area (Å²) >= 11 is 1.37. The Morgan fingerprint density at radius 2 is 2.04 bits per heavy atom. The van der Waals surface area contributed by atoms with Gasteiger partial charge in [-0.2, -0.15) is 13.2 Å². The van der Waals surface area contributed by atoms with Crippen molar-refractivity contribution in [2.45, 2.75) is 26.4 Å². The predicted octanol–water partition coefficient (Wildman–Crippen LogP) is 3.03. The Morgan fingerprint density at radius 3 is 2.54 bits per heavy atom. The molecule has 0 bridgehead atoms. The van der Waals surface area contributed by atoms with Gasteiger partial charge in [0.2, 0.25) is 0 Å². The number of nitrogens with zero attached hydrogens (tertiary/aromatic N) is 3. The Kier molecular flexibility index (Phi) is 4.33. The number of aliphatic carboxylic acids is 1. The lowest BCUT2D eigenvalue weighted by molar-refractivity contribution is -0.227. The number of halogens is 3. The average molecular weight is 387 g/mol. The maximum atomic E-state index is 13.3. The molecular formula is C16H16F3N3O3S. The number of hydrogen-bond donors (Lipinski definition) is 1. The Balaban J connectivity index is 1.92. The lowest BCUT2D eigenvalue weighted by Gasteiger charge is -2.27. The van der Waals surface area contributed by atoms with Crippen LogP contribution in [-0.2, 0) is 4.79 Å². The van der Waals surface area contributed by atoms with E-state index in [2.05, 4.69) is 4.98 Å². The zero-order chi connectivity index (χ0) is 19.3. The molecule has 1 aliphatic rings. The van der Waals surface area contributed by atoms with Crippen LogP contribution in [0.3, 0.4) is 0 Å². The number of alkyl halides is 3. The molecule has 2 aromatic heterocycles. The summed E-state index contributed by atoms with van der Waals surface area (Å²) in [5.41, 5.74) is -1.38. The Morgan fingerprint density at radius 1 is 1.35 bits per heavy atom. The lowest BCUT2D eigenvalue weighted by atomic mass is 9.86. The van der Waals surface area contributed by atoms with E-state index in [1.165, 1.54) is 11.3 Å². The molecule has 0 aromatic carbocycles. The molecule has 0 spiro atoms. The molecule has 1 amide bonds. The third-order valence-corrected chi connectivity index (χ3v) is 5.54. The normalized spacial score (nSPS) is 20.6. The van der Waals surface area contributed by atoms with Crippen LogP contribution in [0.5, 0.6) is 0 Å². The summed E-state index contributed by atoms with van der Waals surface area (Å²) in [5, 5.41) is 11.6. The number of rotatable bonds is 3. The zero-order valence-corrected chi connectivity index (χ0v) is 14.8. The zero-order valence-electron chi connectivity index (χ0n) is 14.0. The fourth-order valence-electron chi connectivity index (χ4n) is 3.28. The molecule has 1 saturated heterocycles. The van der Waals surface area contributed by atoms with Crippen LogP contribution in [0.25, 0.3) is 5.13 Å². The van der Waals surface area contributed by atoms with Gasteiger partial charge in [0.25, 0.3) is 5.91 Å². The first-order valence-electron chi connectivity index (χ1n) is 7.77. The van der Waals surface area contributed by atoms with Crippen molar-refractivity contribution in [3.05, 3.63) is 34.6 Å². The number of thiazole rings is 1. The van der Waals surface area contributed by atoms with Crippen molar-refractivity contribution in [3.63, 3.8) is 0 Å². The Bertz CT molecular complexity index is 860. The van der Waals surface area contributed by atoms with E-state index >= 15 is 0 Å². The van der Waals surface area contributed by atoms with Gasteiger partial charge in [-0.05, 0) is 26.3 Å². The SMILES string of the molecule is Cc1cc(C(=O)N2CCC(C(=O)O)(C(F)(F)F)C2)c(C)n1-c1nccs1. The predicted molar refractivity (Wildman–Crippen MR) is 87.6 cm³/mol. The Labute approximate surface area is 150 Å². The van der Waals surface area contributed by atoms with Crippen molar-refractivity contribution in [2.24, 2.45) is 5.41 Å². The molecule has 0 saturated carbocycles. The quantitative estimate of drug-likeness (QED) is 0.879. The molecule has 3 rings (SSSR count). The van der Waals surface area contributed by atoms with Crippen LogP contribution in [0.1, 0.15) is 28.2 Å². The van der Waals surface area contributed by atoms with Crippen molar-refractivity contribution < 1.29 is 27.9 Å². The minimum atomic E-state index is -4.92.